The number of halogens is 2. The van der Waals surface area contributed by atoms with Gasteiger partial charge in [-0.15, -0.1) is 17.0 Å². The Hall–Kier alpha value is -1.73. The summed E-state index contributed by atoms with van der Waals surface area (Å²) in [6, 6.07) is 43.6. The molecule has 0 saturated heterocycles. The average Bonchev–Trinajstić information content (AvgIpc) is 2.76. The van der Waals surface area contributed by atoms with Crippen LogP contribution >= 0.6 is 37.8 Å². The number of benzene rings is 4. The maximum absolute atomic E-state index is 4.48. The summed E-state index contributed by atoms with van der Waals surface area (Å²) < 4.78 is 0. The van der Waals surface area contributed by atoms with E-state index in [9.17, 15) is 0 Å². The monoisotopic (exact) mass is 512 g/mol. The van der Waals surface area contributed by atoms with Crippen molar-refractivity contribution >= 4 is 53.7 Å². The van der Waals surface area contributed by atoms with Crippen molar-refractivity contribution in [3.8, 4) is 0 Å². The van der Waals surface area contributed by atoms with E-state index in [1.165, 1.54) is 21.5 Å². The molecule has 4 aromatic rings. The van der Waals surface area contributed by atoms with E-state index in [1.54, 1.807) is 0 Å². The first-order valence-electron chi connectivity index (χ1n) is 9.15. The summed E-state index contributed by atoms with van der Waals surface area (Å²) in [7, 11) is 0. The molecule has 0 heterocycles. The third-order valence-corrected chi connectivity index (χ3v) is 14.7. The molecule has 0 atom stereocenters. The van der Waals surface area contributed by atoms with Crippen LogP contribution in [0.3, 0.4) is 0 Å². The van der Waals surface area contributed by atoms with E-state index < -0.39 is 5.31 Å². The molecule has 4 rings (SSSR count). The predicted octanol–water partition coefficient (Wildman–Crippen LogP) is 6.60. The molecule has 0 spiro atoms. The third kappa shape index (κ3) is 3.62. The van der Waals surface area contributed by atoms with Crippen molar-refractivity contribution in [3.63, 3.8) is 0 Å². The molecule has 0 bridgehead atoms. The van der Waals surface area contributed by atoms with E-state index in [0.717, 1.165) is 6.16 Å². The summed E-state index contributed by atoms with van der Waals surface area (Å²) in [6.45, 7) is 0. The Morgan fingerprint density at radius 3 is 1.07 bits per heavy atom. The molecular weight excluding hydrogens is 491 g/mol. The Bertz CT molecular complexity index is 904. The van der Waals surface area contributed by atoms with Crippen LogP contribution in [-0.4, -0.2) is 0 Å². The SMILES string of the molecule is Br.BrP(Cc1ccccc1)(c1ccccc1)(c1ccccc1)c1ccccc1. The molecule has 3 heteroatoms. The molecule has 0 aliphatic rings. The van der Waals surface area contributed by atoms with Crippen LogP contribution in [0.15, 0.2) is 121 Å². The quantitative estimate of drug-likeness (QED) is 0.263. The summed E-state index contributed by atoms with van der Waals surface area (Å²) in [4.78, 5) is 0. The van der Waals surface area contributed by atoms with E-state index in [1.807, 2.05) is 0 Å². The topological polar surface area (TPSA) is 0 Å². The molecular formula is C25H23Br2P. The molecule has 142 valence electrons. The fraction of sp³-hybridized carbons (Fsp3) is 0.0400. The number of hydrogen-bond acceptors (Lipinski definition) is 0. The Kier molecular flexibility index (Phi) is 6.55. The maximum atomic E-state index is 4.48. The van der Waals surface area contributed by atoms with Crippen LogP contribution in [0.4, 0.5) is 0 Å². The summed E-state index contributed by atoms with van der Waals surface area (Å²) in [5.74, 6) is 0. The summed E-state index contributed by atoms with van der Waals surface area (Å²) >= 11 is 4.48. The zero-order valence-corrected chi connectivity index (χ0v) is 19.7. The van der Waals surface area contributed by atoms with Crippen LogP contribution < -0.4 is 15.9 Å². The fourth-order valence-electron chi connectivity index (χ4n) is 3.86. The van der Waals surface area contributed by atoms with Gasteiger partial charge in [0.25, 0.3) is 0 Å². The first kappa shape index (κ1) is 21.0. The van der Waals surface area contributed by atoms with Crippen LogP contribution in [0.25, 0.3) is 0 Å². The van der Waals surface area contributed by atoms with Crippen molar-refractivity contribution < 1.29 is 0 Å². The van der Waals surface area contributed by atoms with Crippen LogP contribution in [0.1, 0.15) is 5.56 Å². The Balaban J connectivity index is 0.00000225. The van der Waals surface area contributed by atoms with Gasteiger partial charge < -0.3 is 0 Å². The van der Waals surface area contributed by atoms with E-state index >= 15 is 0 Å². The van der Waals surface area contributed by atoms with Crippen molar-refractivity contribution in [1.82, 2.24) is 0 Å². The Labute approximate surface area is 186 Å². The second-order valence-corrected chi connectivity index (χ2v) is 15.8. The summed E-state index contributed by atoms with van der Waals surface area (Å²) in [5, 5.41) is 1.19. The molecule has 0 amide bonds. The third-order valence-electron chi connectivity index (χ3n) is 5.21. The fourth-order valence-corrected chi connectivity index (χ4v) is 11.6. The van der Waals surface area contributed by atoms with Gasteiger partial charge in [0.1, 0.15) is 0 Å². The van der Waals surface area contributed by atoms with E-state index in [2.05, 4.69) is 137 Å². The van der Waals surface area contributed by atoms with Gasteiger partial charge in [-0.25, -0.2) is 0 Å². The Morgan fingerprint density at radius 2 is 0.750 bits per heavy atom. The van der Waals surface area contributed by atoms with Crippen molar-refractivity contribution in [1.29, 1.82) is 0 Å². The van der Waals surface area contributed by atoms with Gasteiger partial charge in [-0.05, 0) is 0 Å². The zero-order chi connectivity index (χ0) is 18.6. The van der Waals surface area contributed by atoms with Crippen molar-refractivity contribution in [2.45, 2.75) is 6.16 Å². The van der Waals surface area contributed by atoms with Gasteiger partial charge in [-0.2, -0.15) is 0 Å². The van der Waals surface area contributed by atoms with E-state index in [4.69, 9.17) is 0 Å². The summed E-state index contributed by atoms with van der Waals surface area (Å²) in [5.41, 5.74) is 1.34. The molecule has 0 aliphatic heterocycles. The number of rotatable bonds is 5. The molecule has 0 aromatic heterocycles. The van der Waals surface area contributed by atoms with Gasteiger partial charge in [0.2, 0.25) is 0 Å². The minimum absolute atomic E-state index is 0. The molecule has 0 aliphatic carbocycles. The van der Waals surface area contributed by atoms with Gasteiger partial charge in [-0.3, -0.25) is 0 Å². The molecule has 28 heavy (non-hydrogen) atoms. The molecule has 0 unspecified atom stereocenters. The van der Waals surface area contributed by atoms with Crippen LogP contribution in [0, 0.1) is 0 Å². The van der Waals surface area contributed by atoms with Crippen molar-refractivity contribution in [3.05, 3.63) is 127 Å². The molecule has 0 radical (unpaired) electrons. The van der Waals surface area contributed by atoms with Gasteiger partial charge >= 0.3 is 170 Å². The second-order valence-electron chi connectivity index (χ2n) is 6.83. The molecule has 0 saturated carbocycles. The van der Waals surface area contributed by atoms with Crippen LogP contribution in [0.2, 0.25) is 0 Å². The number of hydrogen-bond donors (Lipinski definition) is 0. The van der Waals surface area contributed by atoms with Gasteiger partial charge in [0.15, 0.2) is 0 Å². The zero-order valence-electron chi connectivity index (χ0n) is 15.5. The molecule has 0 fully saturated rings. The Morgan fingerprint density at radius 1 is 0.464 bits per heavy atom. The first-order chi connectivity index (χ1) is 13.2. The van der Waals surface area contributed by atoms with Gasteiger partial charge in [0.05, 0.1) is 0 Å². The van der Waals surface area contributed by atoms with Gasteiger partial charge in [0, 0.05) is 0 Å². The summed E-state index contributed by atoms with van der Waals surface area (Å²) in [6.07, 6.45) is 0.935. The normalized spacial score (nSPS) is 12.4. The molecule has 4 aromatic carbocycles. The van der Waals surface area contributed by atoms with Crippen LogP contribution in [-0.2, 0) is 6.16 Å². The van der Waals surface area contributed by atoms with E-state index in [-0.39, 0.29) is 17.0 Å². The van der Waals surface area contributed by atoms with Crippen molar-refractivity contribution in [2.75, 3.05) is 0 Å². The van der Waals surface area contributed by atoms with Crippen LogP contribution in [0.5, 0.6) is 0 Å². The standard InChI is InChI=1S/C25H22BrP.BrH/c26-27(23-15-7-2-8-16-23,24-17-9-3-10-18-24,25-19-11-4-12-20-25)21-22-13-5-1-6-14-22;/h1-20H,21H2;1H. The predicted molar refractivity (Wildman–Crippen MR) is 135 cm³/mol. The van der Waals surface area contributed by atoms with E-state index in [0.29, 0.717) is 0 Å². The molecule has 0 nitrogen and oxygen atoms in total. The first-order valence-corrected chi connectivity index (χ1v) is 13.6. The average molecular weight is 514 g/mol. The second kappa shape index (κ2) is 8.74. The van der Waals surface area contributed by atoms with Crippen molar-refractivity contribution in [2.24, 2.45) is 0 Å². The van der Waals surface area contributed by atoms with Gasteiger partial charge in [-0.1, -0.05) is 0 Å². The molecule has 0 N–H and O–H groups in total. The minimum atomic E-state index is -2.87.